The maximum Gasteiger partial charge on any atom is 0.170 e. The molecule has 1 unspecified atom stereocenters. The highest BCUT2D eigenvalue weighted by Crippen LogP contribution is 2.25. The van der Waals surface area contributed by atoms with E-state index in [1.165, 1.54) is 51.6 Å². The first-order valence-electron chi connectivity index (χ1n) is 10.2. The number of hydrogen-bond donors (Lipinski definition) is 2. The van der Waals surface area contributed by atoms with Crippen molar-refractivity contribution < 1.29 is 4.74 Å². The summed E-state index contributed by atoms with van der Waals surface area (Å²) < 4.78 is 6.00. The van der Waals surface area contributed by atoms with E-state index in [1.807, 2.05) is 24.3 Å². The summed E-state index contributed by atoms with van der Waals surface area (Å²) in [6.07, 6.45) is 9.21. The van der Waals surface area contributed by atoms with Crippen LogP contribution in [0.3, 0.4) is 0 Å². The van der Waals surface area contributed by atoms with E-state index in [2.05, 4.69) is 22.5 Å². The Labute approximate surface area is 163 Å². The van der Waals surface area contributed by atoms with Gasteiger partial charge in [-0.05, 0) is 100 Å². The molecule has 1 aliphatic carbocycles. The molecule has 26 heavy (non-hydrogen) atoms. The van der Waals surface area contributed by atoms with Gasteiger partial charge in [0.05, 0.1) is 6.10 Å². The van der Waals surface area contributed by atoms with E-state index in [0.717, 1.165) is 36.9 Å². The number of benzene rings is 1. The van der Waals surface area contributed by atoms with Crippen LogP contribution in [0, 0.1) is 5.92 Å². The smallest absolute Gasteiger partial charge is 0.170 e. The van der Waals surface area contributed by atoms with Gasteiger partial charge in [0.15, 0.2) is 5.11 Å². The molecule has 0 bridgehead atoms. The minimum absolute atomic E-state index is 0.402. The number of hydrogen-bond acceptors (Lipinski definition) is 3. The van der Waals surface area contributed by atoms with Gasteiger partial charge < -0.3 is 20.3 Å². The third-order valence-corrected chi connectivity index (χ3v) is 5.64. The first-order chi connectivity index (χ1) is 12.7. The normalized spacial score (nSPS) is 21.5. The molecule has 144 valence electrons. The molecule has 5 heteroatoms. The molecule has 0 spiro atoms. The quantitative estimate of drug-likeness (QED) is 0.545. The van der Waals surface area contributed by atoms with Crippen molar-refractivity contribution in [1.82, 2.24) is 10.2 Å². The Morgan fingerprint density at radius 3 is 2.65 bits per heavy atom. The summed E-state index contributed by atoms with van der Waals surface area (Å²) in [5, 5.41) is 7.27. The molecule has 2 fully saturated rings. The molecule has 2 aliphatic rings. The van der Waals surface area contributed by atoms with Gasteiger partial charge in [0.1, 0.15) is 5.75 Å². The Hall–Kier alpha value is -1.33. The fraction of sp³-hybridized carbons (Fsp3) is 0.667. The van der Waals surface area contributed by atoms with Gasteiger partial charge >= 0.3 is 0 Å². The SMILES string of the molecule is CC1CCCN(CCCNC(=S)Nc2ccc(OC3CCCC3)cc2)C1. The summed E-state index contributed by atoms with van der Waals surface area (Å²) in [6.45, 7) is 6.93. The van der Waals surface area contributed by atoms with Crippen LogP contribution in [-0.2, 0) is 0 Å². The molecule has 1 heterocycles. The lowest BCUT2D eigenvalue weighted by Crippen LogP contribution is -2.37. The van der Waals surface area contributed by atoms with E-state index in [9.17, 15) is 0 Å². The van der Waals surface area contributed by atoms with Crippen molar-refractivity contribution in [2.45, 2.75) is 58.0 Å². The molecule has 1 aromatic rings. The molecule has 1 aliphatic heterocycles. The van der Waals surface area contributed by atoms with Crippen molar-refractivity contribution in [3.8, 4) is 5.75 Å². The van der Waals surface area contributed by atoms with Crippen LogP contribution in [0.15, 0.2) is 24.3 Å². The van der Waals surface area contributed by atoms with Gasteiger partial charge in [-0.3, -0.25) is 0 Å². The van der Waals surface area contributed by atoms with Crippen molar-refractivity contribution in [3.05, 3.63) is 24.3 Å². The Kier molecular flexibility index (Phi) is 7.56. The second-order valence-corrected chi connectivity index (χ2v) is 8.24. The highest BCUT2D eigenvalue weighted by atomic mass is 32.1. The number of nitrogens with zero attached hydrogens (tertiary/aromatic N) is 1. The monoisotopic (exact) mass is 375 g/mol. The van der Waals surface area contributed by atoms with Gasteiger partial charge in [-0.1, -0.05) is 6.92 Å². The lowest BCUT2D eigenvalue weighted by molar-refractivity contribution is 0.182. The molecule has 1 saturated carbocycles. The fourth-order valence-corrected chi connectivity index (χ4v) is 4.21. The molecule has 1 saturated heterocycles. The van der Waals surface area contributed by atoms with Crippen molar-refractivity contribution in [1.29, 1.82) is 0 Å². The van der Waals surface area contributed by atoms with Gasteiger partial charge in [0.25, 0.3) is 0 Å². The highest BCUT2D eigenvalue weighted by Gasteiger charge is 2.16. The Balaban J connectivity index is 1.31. The highest BCUT2D eigenvalue weighted by molar-refractivity contribution is 7.80. The molecule has 1 atom stereocenters. The lowest BCUT2D eigenvalue weighted by atomic mass is 10.0. The van der Waals surface area contributed by atoms with Crippen LogP contribution < -0.4 is 15.4 Å². The first-order valence-corrected chi connectivity index (χ1v) is 10.6. The van der Waals surface area contributed by atoms with E-state index < -0.39 is 0 Å². The maximum absolute atomic E-state index is 6.00. The van der Waals surface area contributed by atoms with Crippen LogP contribution in [0.4, 0.5) is 5.69 Å². The second-order valence-electron chi connectivity index (χ2n) is 7.83. The summed E-state index contributed by atoms with van der Waals surface area (Å²) >= 11 is 5.41. The van der Waals surface area contributed by atoms with Crippen molar-refractivity contribution >= 4 is 23.0 Å². The summed E-state index contributed by atoms with van der Waals surface area (Å²) in [7, 11) is 0. The van der Waals surface area contributed by atoms with E-state index in [-0.39, 0.29) is 0 Å². The maximum atomic E-state index is 6.00. The molecule has 0 radical (unpaired) electrons. The summed E-state index contributed by atoms with van der Waals surface area (Å²) in [5.41, 5.74) is 1.01. The molecule has 4 nitrogen and oxygen atoms in total. The van der Waals surface area contributed by atoms with E-state index in [4.69, 9.17) is 17.0 Å². The van der Waals surface area contributed by atoms with Gasteiger partial charge in [0.2, 0.25) is 0 Å². The lowest BCUT2D eigenvalue weighted by Gasteiger charge is -2.30. The number of piperidine rings is 1. The standard InChI is InChI=1S/C21H33N3OS/c1-17-6-4-14-24(16-17)15-5-13-22-21(26)23-18-9-11-20(12-10-18)25-19-7-2-3-8-19/h9-12,17,19H,2-8,13-16H2,1H3,(H2,22,23,26). The van der Waals surface area contributed by atoms with Crippen LogP contribution in [-0.4, -0.2) is 42.3 Å². The molecule has 1 aromatic carbocycles. The Morgan fingerprint density at radius 1 is 1.15 bits per heavy atom. The van der Waals surface area contributed by atoms with E-state index in [1.54, 1.807) is 0 Å². The van der Waals surface area contributed by atoms with Crippen LogP contribution >= 0.6 is 12.2 Å². The number of anilines is 1. The summed E-state index contributed by atoms with van der Waals surface area (Å²) in [5.74, 6) is 1.80. The van der Waals surface area contributed by atoms with Crippen molar-refractivity contribution in [2.75, 3.05) is 31.5 Å². The molecular weight excluding hydrogens is 342 g/mol. The summed E-state index contributed by atoms with van der Waals surface area (Å²) in [4.78, 5) is 2.58. The number of rotatable bonds is 7. The van der Waals surface area contributed by atoms with E-state index in [0.29, 0.717) is 11.2 Å². The zero-order valence-corrected chi connectivity index (χ0v) is 16.8. The van der Waals surface area contributed by atoms with Gasteiger partial charge in [-0.2, -0.15) is 0 Å². The largest absolute Gasteiger partial charge is 0.490 e. The minimum atomic E-state index is 0.402. The van der Waals surface area contributed by atoms with Crippen LogP contribution in [0.1, 0.15) is 51.9 Å². The third kappa shape index (κ3) is 6.44. The number of likely N-dealkylation sites (tertiary alicyclic amines) is 1. The Morgan fingerprint density at radius 2 is 1.92 bits per heavy atom. The van der Waals surface area contributed by atoms with Crippen LogP contribution in [0.5, 0.6) is 5.75 Å². The topological polar surface area (TPSA) is 36.5 Å². The van der Waals surface area contributed by atoms with Gasteiger partial charge in [-0.15, -0.1) is 0 Å². The zero-order chi connectivity index (χ0) is 18.2. The van der Waals surface area contributed by atoms with Gasteiger partial charge in [-0.25, -0.2) is 0 Å². The molecular formula is C21H33N3OS. The van der Waals surface area contributed by atoms with Crippen LogP contribution in [0.25, 0.3) is 0 Å². The van der Waals surface area contributed by atoms with Crippen LogP contribution in [0.2, 0.25) is 0 Å². The van der Waals surface area contributed by atoms with E-state index >= 15 is 0 Å². The van der Waals surface area contributed by atoms with Gasteiger partial charge in [0, 0.05) is 18.8 Å². The zero-order valence-electron chi connectivity index (χ0n) is 16.0. The fourth-order valence-electron chi connectivity index (χ4n) is 3.99. The number of ether oxygens (including phenoxy) is 1. The second kappa shape index (κ2) is 10.1. The predicted octanol–water partition coefficient (Wildman–Crippen LogP) is 4.42. The average molecular weight is 376 g/mol. The third-order valence-electron chi connectivity index (χ3n) is 5.39. The molecule has 0 aromatic heterocycles. The van der Waals surface area contributed by atoms with Crippen molar-refractivity contribution in [2.24, 2.45) is 5.92 Å². The summed E-state index contributed by atoms with van der Waals surface area (Å²) in [6, 6.07) is 8.13. The number of thiocarbonyl (C=S) groups is 1. The molecule has 2 N–H and O–H groups in total. The average Bonchev–Trinajstić information content (AvgIpc) is 3.14. The first kappa shape index (κ1) is 19.4. The molecule has 3 rings (SSSR count). The van der Waals surface area contributed by atoms with Crippen molar-refractivity contribution in [3.63, 3.8) is 0 Å². The molecule has 0 amide bonds. The minimum Gasteiger partial charge on any atom is -0.490 e. The Bertz CT molecular complexity index is 557. The number of nitrogens with one attached hydrogen (secondary N) is 2. The predicted molar refractivity (Wildman–Crippen MR) is 113 cm³/mol.